The van der Waals surface area contributed by atoms with Crippen molar-refractivity contribution in [3.63, 3.8) is 0 Å². The number of aromatic nitrogens is 2. The van der Waals surface area contributed by atoms with Crippen LogP contribution >= 0.6 is 11.3 Å². The highest BCUT2D eigenvalue weighted by Crippen LogP contribution is 2.45. The Balaban J connectivity index is 1.34. The number of benzene rings is 2. The van der Waals surface area contributed by atoms with Gasteiger partial charge in [-0.3, -0.25) is 4.90 Å². The Bertz CT molecular complexity index is 1650. The topological polar surface area (TPSA) is 83.3 Å². The Morgan fingerprint density at radius 2 is 2.11 bits per heavy atom. The van der Waals surface area contributed by atoms with Crippen LogP contribution in [0.3, 0.4) is 0 Å². The lowest BCUT2D eigenvalue weighted by Crippen LogP contribution is -2.43. The number of ether oxygens (including phenoxy) is 2. The molecule has 2 atom stereocenters. The maximum absolute atomic E-state index is 14.6. The number of nitrogens with zero attached hydrogens (tertiary/aromatic N) is 4. The van der Waals surface area contributed by atoms with Crippen LogP contribution in [0.2, 0.25) is 0 Å². The number of nitriles is 1. The molecule has 38 heavy (non-hydrogen) atoms. The minimum Gasteiger partial charge on any atom is -0.491 e. The molecular formula is C27H22F3N5O2S. The standard InChI is InChI=1S/C27H22F3N5O2S/c28-15-10-27(4-1-6-35(27)12-15)13-37-26-33-19-8-14(9-20-22(19)25(34-26)32-5-7-36-20)23-16(11-31)21-17(29)2-3-18(30)24(21)38-23/h2-3,8-9,15H,1,4-7,10,12-13H2,(H,32,33,34)/t15-,27+/m1/s1. The Morgan fingerprint density at radius 1 is 1.24 bits per heavy atom. The zero-order valence-corrected chi connectivity index (χ0v) is 21.0. The van der Waals surface area contributed by atoms with Crippen LogP contribution in [0.1, 0.15) is 24.8 Å². The monoisotopic (exact) mass is 537 g/mol. The molecule has 11 heteroatoms. The number of rotatable bonds is 4. The highest BCUT2D eigenvalue weighted by Gasteiger charge is 2.49. The lowest BCUT2D eigenvalue weighted by Gasteiger charge is -2.30. The summed E-state index contributed by atoms with van der Waals surface area (Å²) in [5.74, 6) is -0.184. The first-order chi connectivity index (χ1) is 18.5. The summed E-state index contributed by atoms with van der Waals surface area (Å²) in [6, 6.07) is 7.80. The predicted molar refractivity (Wildman–Crippen MR) is 138 cm³/mol. The van der Waals surface area contributed by atoms with Gasteiger partial charge in [-0.15, -0.1) is 11.3 Å². The van der Waals surface area contributed by atoms with E-state index in [0.29, 0.717) is 59.0 Å². The molecule has 3 aliphatic rings. The molecule has 2 aromatic heterocycles. The van der Waals surface area contributed by atoms with Crippen LogP contribution in [-0.4, -0.2) is 59.4 Å². The fourth-order valence-electron chi connectivity index (χ4n) is 6.06. The Morgan fingerprint density at radius 3 is 2.97 bits per heavy atom. The molecule has 1 N–H and O–H groups in total. The third kappa shape index (κ3) is 3.58. The second kappa shape index (κ2) is 8.71. The molecule has 2 saturated heterocycles. The summed E-state index contributed by atoms with van der Waals surface area (Å²) in [5, 5.41) is 13.8. The number of hydrogen-bond acceptors (Lipinski definition) is 8. The van der Waals surface area contributed by atoms with Crippen LogP contribution in [0.5, 0.6) is 11.8 Å². The average Bonchev–Trinajstić information content (AvgIpc) is 3.52. The van der Waals surface area contributed by atoms with E-state index in [-0.39, 0.29) is 33.8 Å². The van der Waals surface area contributed by atoms with Crippen molar-refractivity contribution in [1.82, 2.24) is 14.9 Å². The molecule has 7 rings (SSSR count). The molecule has 0 radical (unpaired) electrons. The molecule has 0 saturated carbocycles. The maximum Gasteiger partial charge on any atom is 0.319 e. The number of halogens is 3. The quantitative estimate of drug-likeness (QED) is 0.372. The van der Waals surface area contributed by atoms with E-state index < -0.39 is 17.8 Å². The lowest BCUT2D eigenvalue weighted by atomic mass is 9.95. The zero-order valence-electron chi connectivity index (χ0n) is 20.2. The van der Waals surface area contributed by atoms with Gasteiger partial charge < -0.3 is 14.8 Å². The summed E-state index contributed by atoms with van der Waals surface area (Å²) in [6.07, 6.45) is 1.44. The normalized spacial score (nSPS) is 22.6. The fraction of sp³-hybridized carbons (Fsp3) is 0.370. The van der Waals surface area contributed by atoms with Crippen LogP contribution in [0.4, 0.5) is 19.0 Å². The van der Waals surface area contributed by atoms with E-state index in [4.69, 9.17) is 9.47 Å². The highest BCUT2D eigenvalue weighted by atomic mass is 32.1. The SMILES string of the molecule is N#Cc1c(-c2cc3c4c(nc(OC[C@@]56CCCN5C[C@H](F)C6)nc4c2)NCCO3)sc2c(F)ccc(F)c12. The first-order valence-corrected chi connectivity index (χ1v) is 13.3. The molecule has 0 aliphatic carbocycles. The van der Waals surface area contributed by atoms with E-state index >= 15 is 0 Å². The second-order valence-electron chi connectivity index (χ2n) is 10.0. The number of thiophene rings is 1. The summed E-state index contributed by atoms with van der Waals surface area (Å²) in [6.45, 7) is 2.43. The van der Waals surface area contributed by atoms with E-state index in [1.807, 2.05) is 0 Å². The molecule has 3 aliphatic heterocycles. The van der Waals surface area contributed by atoms with Gasteiger partial charge in [0.25, 0.3) is 0 Å². The van der Waals surface area contributed by atoms with E-state index in [0.717, 1.165) is 42.9 Å². The molecule has 0 spiro atoms. The van der Waals surface area contributed by atoms with Gasteiger partial charge in [0, 0.05) is 18.4 Å². The van der Waals surface area contributed by atoms with Gasteiger partial charge in [-0.1, -0.05) is 0 Å². The summed E-state index contributed by atoms with van der Waals surface area (Å²) in [7, 11) is 0. The molecule has 194 valence electrons. The molecule has 0 unspecified atom stereocenters. The first kappa shape index (κ1) is 23.5. The van der Waals surface area contributed by atoms with Crippen molar-refractivity contribution >= 4 is 38.1 Å². The van der Waals surface area contributed by atoms with Crippen LogP contribution in [0.15, 0.2) is 24.3 Å². The van der Waals surface area contributed by atoms with Gasteiger partial charge in [-0.05, 0) is 49.2 Å². The van der Waals surface area contributed by atoms with Gasteiger partial charge in [0.05, 0.1) is 38.1 Å². The van der Waals surface area contributed by atoms with Crippen LogP contribution in [0, 0.1) is 23.0 Å². The van der Waals surface area contributed by atoms with Crippen LogP contribution in [0.25, 0.3) is 31.4 Å². The van der Waals surface area contributed by atoms with Gasteiger partial charge in [0.15, 0.2) is 0 Å². The maximum atomic E-state index is 14.6. The van der Waals surface area contributed by atoms with E-state index in [9.17, 15) is 18.4 Å². The van der Waals surface area contributed by atoms with Gasteiger partial charge in [0.2, 0.25) is 0 Å². The van der Waals surface area contributed by atoms with Gasteiger partial charge in [0.1, 0.15) is 48.7 Å². The third-order valence-corrected chi connectivity index (χ3v) is 8.99. The van der Waals surface area contributed by atoms with Crippen molar-refractivity contribution in [2.24, 2.45) is 0 Å². The predicted octanol–water partition coefficient (Wildman–Crippen LogP) is 5.42. The van der Waals surface area contributed by atoms with Crippen molar-refractivity contribution in [2.75, 3.05) is 38.2 Å². The molecule has 4 aromatic rings. The van der Waals surface area contributed by atoms with Crippen molar-refractivity contribution in [3.05, 3.63) is 41.5 Å². The molecule has 7 nitrogen and oxygen atoms in total. The molecule has 2 fully saturated rings. The number of nitrogens with one attached hydrogen (secondary N) is 1. The highest BCUT2D eigenvalue weighted by molar-refractivity contribution is 7.22. The van der Waals surface area contributed by atoms with E-state index in [2.05, 4.69) is 26.3 Å². The summed E-state index contributed by atoms with van der Waals surface area (Å²) in [4.78, 5) is 11.8. The number of hydrogen-bond donors (Lipinski definition) is 1. The number of fused-ring (bicyclic) bond motifs is 2. The van der Waals surface area contributed by atoms with E-state index in [1.54, 1.807) is 12.1 Å². The van der Waals surface area contributed by atoms with Crippen molar-refractivity contribution < 1.29 is 22.6 Å². The smallest absolute Gasteiger partial charge is 0.319 e. The Hall–Kier alpha value is -3.62. The van der Waals surface area contributed by atoms with E-state index in [1.165, 1.54) is 0 Å². The summed E-state index contributed by atoms with van der Waals surface area (Å²) < 4.78 is 55.5. The second-order valence-corrected chi connectivity index (χ2v) is 11.0. The van der Waals surface area contributed by atoms with Crippen molar-refractivity contribution in [2.45, 2.75) is 31.0 Å². The summed E-state index contributed by atoms with van der Waals surface area (Å²) in [5.41, 5.74) is 0.777. The third-order valence-electron chi connectivity index (χ3n) is 7.74. The summed E-state index contributed by atoms with van der Waals surface area (Å²) >= 11 is 1.01. The average molecular weight is 538 g/mol. The zero-order chi connectivity index (χ0) is 26.0. The molecule has 0 bridgehead atoms. The largest absolute Gasteiger partial charge is 0.491 e. The van der Waals surface area contributed by atoms with Crippen molar-refractivity contribution in [3.8, 4) is 28.3 Å². The molecule has 5 heterocycles. The Labute approximate surface area is 219 Å². The van der Waals surface area contributed by atoms with Gasteiger partial charge >= 0.3 is 6.01 Å². The van der Waals surface area contributed by atoms with Crippen molar-refractivity contribution in [1.29, 1.82) is 5.26 Å². The molecular weight excluding hydrogens is 515 g/mol. The minimum absolute atomic E-state index is 0.0310. The number of alkyl halides is 1. The Kier molecular flexibility index (Phi) is 5.39. The van der Waals surface area contributed by atoms with Gasteiger partial charge in [-0.2, -0.15) is 15.2 Å². The lowest BCUT2D eigenvalue weighted by molar-refractivity contribution is 0.107. The van der Waals surface area contributed by atoms with Crippen LogP contribution in [-0.2, 0) is 0 Å². The first-order valence-electron chi connectivity index (χ1n) is 12.5. The molecule has 2 aromatic carbocycles. The minimum atomic E-state index is -0.865. The van der Waals surface area contributed by atoms with Crippen LogP contribution < -0.4 is 14.8 Å². The number of anilines is 1. The van der Waals surface area contributed by atoms with Gasteiger partial charge in [-0.25, -0.2) is 13.2 Å². The molecule has 0 amide bonds. The fourth-order valence-corrected chi connectivity index (χ4v) is 7.22.